The molecule has 0 fully saturated rings. The average Bonchev–Trinajstić information content (AvgIpc) is 2.68. The molecular weight excluding hydrogens is 324 g/mol. The summed E-state index contributed by atoms with van der Waals surface area (Å²) >= 11 is 0. The van der Waals surface area contributed by atoms with Crippen LogP contribution in [0.1, 0.15) is 25.5 Å². The van der Waals surface area contributed by atoms with Crippen molar-refractivity contribution in [1.82, 2.24) is 0 Å². The van der Waals surface area contributed by atoms with Gasteiger partial charge in [0.05, 0.1) is 0 Å². The van der Waals surface area contributed by atoms with Gasteiger partial charge in [-0.25, -0.2) is 0 Å². The van der Waals surface area contributed by atoms with Gasteiger partial charge < -0.3 is 0 Å². The van der Waals surface area contributed by atoms with Crippen LogP contribution in [0.4, 0.5) is 0 Å². The van der Waals surface area contributed by atoms with Crippen LogP contribution >= 0.6 is 0 Å². The van der Waals surface area contributed by atoms with Gasteiger partial charge in [0.1, 0.15) is 0 Å². The Hall–Kier alpha value is -3.12. The van der Waals surface area contributed by atoms with Crippen molar-refractivity contribution >= 4 is 39.3 Å². The number of rotatable bonds is 2. The van der Waals surface area contributed by atoms with Crippen LogP contribution in [-0.2, 0) is 0 Å². The molecule has 4 rings (SSSR count). The first-order valence-corrected chi connectivity index (χ1v) is 9.02. The van der Waals surface area contributed by atoms with Gasteiger partial charge in [0, 0.05) is 0 Å². The van der Waals surface area contributed by atoms with Gasteiger partial charge in [-0.05, 0) is 63.0 Å². The summed E-state index contributed by atoms with van der Waals surface area (Å²) in [6, 6.07) is 25.9. The van der Waals surface area contributed by atoms with Crippen molar-refractivity contribution in [2.24, 2.45) is 0 Å². The molecule has 0 nitrogen and oxygen atoms in total. The lowest BCUT2D eigenvalue weighted by Gasteiger charge is -2.08. The largest absolute Gasteiger partial charge is 0.0911 e. The van der Waals surface area contributed by atoms with Crippen LogP contribution in [0.5, 0.6) is 0 Å². The van der Waals surface area contributed by atoms with Gasteiger partial charge in [-0.3, -0.25) is 0 Å². The summed E-state index contributed by atoms with van der Waals surface area (Å²) in [4.78, 5) is 0. The Morgan fingerprint density at radius 2 is 1.19 bits per heavy atom. The third kappa shape index (κ3) is 3.31. The van der Waals surface area contributed by atoms with Crippen molar-refractivity contribution in [3.8, 4) is 0 Å². The molecule has 0 atom stereocenters. The van der Waals surface area contributed by atoms with Crippen LogP contribution in [0.2, 0.25) is 0 Å². The highest BCUT2D eigenvalue weighted by molar-refractivity contribution is 6.09. The first-order valence-electron chi connectivity index (χ1n) is 9.02. The van der Waals surface area contributed by atoms with E-state index in [0.29, 0.717) is 0 Å². The molecule has 0 aliphatic carbocycles. The number of aryl methyl sites for hydroxylation is 1. The number of hydrogen-bond donors (Lipinski definition) is 0. The minimum Gasteiger partial charge on any atom is -0.0911 e. The lowest BCUT2D eigenvalue weighted by atomic mass is 9.95. The average molecular weight is 351 g/mol. The van der Waals surface area contributed by atoms with Gasteiger partial charge in [0.25, 0.3) is 0 Å². The third-order valence-corrected chi connectivity index (χ3v) is 5.04. The number of fused-ring (bicyclic) bond motifs is 3. The van der Waals surface area contributed by atoms with Crippen molar-refractivity contribution < 1.29 is 0 Å². The molecule has 0 aromatic heterocycles. The Morgan fingerprint density at radius 1 is 0.704 bits per heavy atom. The Labute approximate surface area is 161 Å². The maximum absolute atomic E-state index is 4.34. The van der Waals surface area contributed by atoms with E-state index in [1.807, 2.05) is 0 Å². The minimum atomic E-state index is 0. The quantitative estimate of drug-likeness (QED) is 0.376. The topological polar surface area (TPSA) is 0 Å². The number of hydrogen-bond acceptors (Lipinski definition) is 0. The highest BCUT2D eigenvalue weighted by atomic mass is 14.1. The molecule has 0 spiro atoms. The van der Waals surface area contributed by atoms with E-state index < -0.39 is 0 Å². The summed E-state index contributed by atoms with van der Waals surface area (Å²) in [5.74, 6) is 0. The monoisotopic (exact) mass is 350 g/mol. The first-order chi connectivity index (χ1) is 12.7. The Balaban J connectivity index is 0.00000210. The maximum atomic E-state index is 4.34. The molecular formula is C27H26. The van der Waals surface area contributed by atoms with Gasteiger partial charge in [-0.1, -0.05) is 98.4 Å². The van der Waals surface area contributed by atoms with Gasteiger partial charge in [0.15, 0.2) is 0 Å². The van der Waals surface area contributed by atoms with Gasteiger partial charge in [0.2, 0.25) is 0 Å². The van der Waals surface area contributed by atoms with Crippen molar-refractivity contribution in [2.45, 2.75) is 21.3 Å². The second-order valence-corrected chi connectivity index (χ2v) is 6.74. The predicted octanol–water partition coefficient (Wildman–Crippen LogP) is 6.23. The molecule has 0 saturated heterocycles. The lowest BCUT2D eigenvalue weighted by molar-refractivity contribution is 1.46. The van der Waals surface area contributed by atoms with Crippen molar-refractivity contribution in [1.29, 1.82) is 0 Å². The lowest BCUT2D eigenvalue weighted by Crippen LogP contribution is -2.26. The molecule has 4 aromatic carbocycles. The van der Waals surface area contributed by atoms with E-state index in [4.69, 9.17) is 0 Å². The molecule has 0 heterocycles. The summed E-state index contributed by atoms with van der Waals surface area (Å²) in [6.45, 7) is 8.56. The molecule has 0 amide bonds. The third-order valence-electron chi connectivity index (χ3n) is 5.04. The van der Waals surface area contributed by atoms with Crippen LogP contribution in [-0.4, -0.2) is 0 Å². The molecule has 0 bridgehead atoms. The zero-order valence-corrected chi connectivity index (χ0v) is 15.3. The van der Waals surface area contributed by atoms with Crippen LogP contribution in [0.15, 0.2) is 79.4 Å². The van der Waals surface area contributed by atoms with Crippen LogP contribution in [0.25, 0.3) is 39.3 Å². The number of benzene rings is 4. The fraction of sp³-hybridized carbons (Fsp3) is 0.111. The fourth-order valence-electron chi connectivity index (χ4n) is 3.69. The van der Waals surface area contributed by atoms with Crippen molar-refractivity contribution in [3.05, 3.63) is 101 Å². The molecule has 0 aliphatic rings. The van der Waals surface area contributed by atoms with Crippen LogP contribution < -0.4 is 10.4 Å². The van der Waals surface area contributed by atoms with E-state index >= 15 is 0 Å². The minimum absolute atomic E-state index is 0. The van der Waals surface area contributed by atoms with Crippen molar-refractivity contribution in [3.63, 3.8) is 0 Å². The summed E-state index contributed by atoms with van der Waals surface area (Å²) in [5, 5.41) is 7.66. The van der Waals surface area contributed by atoms with Crippen LogP contribution in [0.3, 0.4) is 0 Å². The van der Waals surface area contributed by atoms with Gasteiger partial charge in [-0.2, -0.15) is 0 Å². The second kappa shape index (κ2) is 7.63. The predicted molar refractivity (Wildman–Crippen MR) is 122 cm³/mol. The Bertz CT molecular complexity index is 1240. The molecule has 0 unspecified atom stereocenters. The van der Waals surface area contributed by atoms with Gasteiger partial charge in [-0.15, -0.1) is 0 Å². The van der Waals surface area contributed by atoms with Crippen LogP contribution in [0, 0.1) is 6.92 Å². The van der Waals surface area contributed by atoms with E-state index in [2.05, 4.69) is 105 Å². The number of allylic oxidation sites excluding steroid dienone is 1. The smallest absolute Gasteiger partial charge is 0.00963 e. The normalized spacial score (nSPS) is 12.4. The van der Waals surface area contributed by atoms with E-state index in [1.54, 1.807) is 0 Å². The highest BCUT2D eigenvalue weighted by Gasteiger charge is 2.05. The standard InChI is InChI=1S/C26H22.CH4/c1-4-21-22-9-5-6-10-23(22)24-11-7-8-12-25(24)26(21)17-19(3)20-15-13-18(2)14-16-20;/h4-17H,3H2,1-2H3;1H4/b21-4-,26-17+;. The molecule has 0 N–H and O–H groups in total. The fourth-order valence-corrected chi connectivity index (χ4v) is 3.69. The first kappa shape index (κ1) is 18.7. The Morgan fingerprint density at radius 3 is 1.70 bits per heavy atom. The van der Waals surface area contributed by atoms with E-state index in [9.17, 15) is 0 Å². The molecule has 0 heteroatoms. The molecule has 0 aliphatic heterocycles. The van der Waals surface area contributed by atoms with Gasteiger partial charge >= 0.3 is 0 Å². The molecule has 27 heavy (non-hydrogen) atoms. The molecule has 134 valence electrons. The summed E-state index contributed by atoms with van der Waals surface area (Å²) in [6.07, 6.45) is 4.44. The SMILES string of the molecule is C.C=C(/C=c1\c(=C/C)c2ccccc2c2ccccc12)c1ccc(C)cc1. The van der Waals surface area contributed by atoms with E-state index in [1.165, 1.54) is 37.5 Å². The second-order valence-electron chi connectivity index (χ2n) is 6.74. The zero-order valence-electron chi connectivity index (χ0n) is 15.3. The molecule has 0 radical (unpaired) electrons. The van der Waals surface area contributed by atoms with E-state index in [0.717, 1.165) is 11.1 Å². The summed E-state index contributed by atoms with van der Waals surface area (Å²) in [7, 11) is 0. The van der Waals surface area contributed by atoms with E-state index in [-0.39, 0.29) is 7.43 Å². The zero-order chi connectivity index (χ0) is 18.1. The molecule has 4 aromatic rings. The highest BCUT2D eigenvalue weighted by Crippen LogP contribution is 2.21. The Kier molecular flexibility index (Phi) is 5.28. The maximum Gasteiger partial charge on any atom is -0.00963 e. The summed E-state index contributed by atoms with van der Waals surface area (Å²) in [5.41, 5.74) is 3.46. The molecule has 0 saturated carbocycles. The van der Waals surface area contributed by atoms with Crippen molar-refractivity contribution in [2.75, 3.05) is 0 Å². The summed E-state index contributed by atoms with van der Waals surface area (Å²) < 4.78 is 0.